The summed E-state index contributed by atoms with van der Waals surface area (Å²) in [6.45, 7) is 4.36. The summed E-state index contributed by atoms with van der Waals surface area (Å²) in [5.74, 6) is -0.192. The number of aryl methyl sites for hydroxylation is 1. The summed E-state index contributed by atoms with van der Waals surface area (Å²) in [4.78, 5) is 26.3. The molecule has 0 spiro atoms. The molecule has 2 amide bonds. The zero-order valence-corrected chi connectivity index (χ0v) is 14.2. The van der Waals surface area contributed by atoms with Crippen LogP contribution in [0.5, 0.6) is 0 Å². The molecule has 2 atom stereocenters. The van der Waals surface area contributed by atoms with Gasteiger partial charge in [0.1, 0.15) is 0 Å². The highest BCUT2D eigenvalue weighted by atomic mass is 35.5. The Morgan fingerprint density at radius 1 is 1.35 bits per heavy atom. The Balaban J connectivity index is 0.00000192. The third-order valence-electron chi connectivity index (χ3n) is 4.56. The highest BCUT2D eigenvalue weighted by Gasteiger charge is 2.35. The van der Waals surface area contributed by atoms with Crippen LogP contribution in [0, 0.1) is 5.92 Å². The lowest BCUT2D eigenvalue weighted by molar-refractivity contribution is -0.126. The molecule has 23 heavy (non-hydrogen) atoms. The maximum atomic E-state index is 12.3. The molecule has 2 saturated heterocycles. The van der Waals surface area contributed by atoms with Crippen molar-refractivity contribution in [3.63, 3.8) is 0 Å². The number of hydrogen-bond acceptors (Lipinski definition) is 3. The van der Waals surface area contributed by atoms with Crippen LogP contribution in [0.3, 0.4) is 0 Å². The van der Waals surface area contributed by atoms with Crippen molar-refractivity contribution in [2.45, 2.75) is 32.2 Å². The van der Waals surface area contributed by atoms with Gasteiger partial charge in [0.05, 0.1) is 5.92 Å². The Bertz CT molecular complexity index is 555. The molecule has 0 bridgehead atoms. The molecule has 1 aromatic rings. The van der Waals surface area contributed by atoms with Gasteiger partial charge in [-0.15, -0.1) is 12.4 Å². The van der Waals surface area contributed by atoms with Gasteiger partial charge in [-0.3, -0.25) is 9.59 Å². The smallest absolute Gasteiger partial charge is 0.227 e. The van der Waals surface area contributed by atoms with Crippen molar-refractivity contribution in [3.8, 4) is 0 Å². The predicted molar refractivity (Wildman–Crippen MR) is 92.9 cm³/mol. The van der Waals surface area contributed by atoms with Crippen LogP contribution in [0.4, 0.5) is 5.69 Å². The van der Waals surface area contributed by atoms with Crippen LogP contribution in [0.15, 0.2) is 24.3 Å². The molecule has 0 aliphatic carbocycles. The fourth-order valence-electron chi connectivity index (χ4n) is 3.14. The lowest BCUT2D eigenvalue weighted by Gasteiger charge is -2.18. The molecule has 0 saturated carbocycles. The van der Waals surface area contributed by atoms with E-state index in [9.17, 15) is 9.59 Å². The molecule has 6 heteroatoms. The second-order valence-corrected chi connectivity index (χ2v) is 6.12. The second kappa shape index (κ2) is 7.79. The molecule has 2 unspecified atom stereocenters. The van der Waals surface area contributed by atoms with E-state index in [-0.39, 0.29) is 36.2 Å². The molecular weight excluding hydrogens is 314 g/mol. The molecule has 126 valence electrons. The van der Waals surface area contributed by atoms with E-state index < -0.39 is 0 Å². The first-order chi connectivity index (χ1) is 10.7. The van der Waals surface area contributed by atoms with E-state index in [1.54, 1.807) is 4.90 Å². The summed E-state index contributed by atoms with van der Waals surface area (Å²) < 4.78 is 0. The molecule has 2 fully saturated rings. The van der Waals surface area contributed by atoms with Crippen molar-refractivity contribution >= 4 is 29.9 Å². The van der Waals surface area contributed by atoms with E-state index in [2.05, 4.69) is 17.6 Å². The maximum Gasteiger partial charge on any atom is 0.227 e. The first-order valence-electron chi connectivity index (χ1n) is 8.07. The van der Waals surface area contributed by atoms with Gasteiger partial charge in [-0.2, -0.15) is 0 Å². The summed E-state index contributed by atoms with van der Waals surface area (Å²) in [5.41, 5.74) is 2.14. The van der Waals surface area contributed by atoms with Crippen LogP contribution in [0.2, 0.25) is 0 Å². The Morgan fingerprint density at radius 3 is 2.70 bits per heavy atom. The van der Waals surface area contributed by atoms with Gasteiger partial charge in [-0.1, -0.05) is 19.1 Å². The number of carbonyl (C=O) groups excluding carboxylic acids is 2. The Hall–Kier alpha value is -1.59. The molecule has 2 N–H and O–H groups in total. The molecule has 3 rings (SSSR count). The molecular formula is C17H24ClN3O2. The topological polar surface area (TPSA) is 61.4 Å². The summed E-state index contributed by atoms with van der Waals surface area (Å²) in [7, 11) is 0. The average Bonchev–Trinajstić information content (AvgIpc) is 3.17. The zero-order valence-electron chi connectivity index (χ0n) is 13.4. The zero-order chi connectivity index (χ0) is 15.5. The van der Waals surface area contributed by atoms with Gasteiger partial charge in [0.25, 0.3) is 0 Å². The maximum absolute atomic E-state index is 12.3. The summed E-state index contributed by atoms with van der Waals surface area (Å²) in [6.07, 6.45) is 2.25. The monoisotopic (exact) mass is 337 g/mol. The van der Waals surface area contributed by atoms with Gasteiger partial charge in [-0.25, -0.2) is 0 Å². The standard InChI is InChI=1S/C17H23N3O2.ClH/c1-2-12-3-5-15(6-4-12)20-11-13(9-16(20)21)17(22)19-14-7-8-18-10-14;/h3-6,13-14,18H,2,7-11H2,1H3,(H,19,22);1H. The minimum absolute atomic E-state index is 0. The fraction of sp³-hybridized carbons (Fsp3) is 0.529. The number of anilines is 1. The van der Waals surface area contributed by atoms with Crippen molar-refractivity contribution in [2.75, 3.05) is 24.5 Å². The van der Waals surface area contributed by atoms with E-state index >= 15 is 0 Å². The number of nitrogens with one attached hydrogen (secondary N) is 2. The van der Waals surface area contributed by atoms with Gasteiger partial charge in [0.2, 0.25) is 11.8 Å². The first-order valence-corrected chi connectivity index (χ1v) is 8.07. The van der Waals surface area contributed by atoms with Crippen molar-refractivity contribution in [1.29, 1.82) is 0 Å². The van der Waals surface area contributed by atoms with Crippen molar-refractivity contribution in [1.82, 2.24) is 10.6 Å². The fourth-order valence-corrected chi connectivity index (χ4v) is 3.14. The number of carbonyl (C=O) groups is 2. The van der Waals surface area contributed by atoms with Crippen LogP contribution in [0.25, 0.3) is 0 Å². The van der Waals surface area contributed by atoms with Gasteiger partial charge < -0.3 is 15.5 Å². The van der Waals surface area contributed by atoms with E-state index in [1.165, 1.54) is 5.56 Å². The molecule has 2 aliphatic rings. The molecule has 1 aromatic carbocycles. The van der Waals surface area contributed by atoms with E-state index in [0.717, 1.165) is 31.6 Å². The minimum Gasteiger partial charge on any atom is -0.352 e. The summed E-state index contributed by atoms with van der Waals surface area (Å²) >= 11 is 0. The molecule has 2 aliphatic heterocycles. The van der Waals surface area contributed by atoms with Crippen LogP contribution in [0.1, 0.15) is 25.3 Å². The number of halogens is 1. The lowest BCUT2D eigenvalue weighted by atomic mass is 10.1. The van der Waals surface area contributed by atoms with Gasteiger partial charge in [0.15, 0.2) is 0 Å². The number of hydrogen-bond donors (Lipinski definition) is 2. The third kappa shape index (κ3) is 4.03. The summed E-state index contributed by atoms with van der Waals surface area (Å²) in [6, 6.07) is 8.23. The Kier molecular flexibility index (Phi) is 6.02. The molecule has 0 radical (unpaired) electrons. The van der Waals surface area contributed by atoms with Crippen LogP contribution < -0.4 is 15.5 Å². The molecule has 5 nitrogen and oxygen atoms in total. The SMILES string of the molecule is CCc1ccc(N2CC(C(=O)NC3CCNC3)CC2=O)cc1.Cl. The van der Waals surface area contributed by atoms with Crippen molar-refractivity contribution < 1.29 is 9.59 Å². The number of benzene rings is 1. The second-order valence-electron chi connectivity index (χ2n) is 6.12. The van der Waals surface area contributed by atoms with Crippen molar-refractivity contribution in [3.05, 3.63) is 29.8 Å². The van der Waals surface area contributed by atoms with E-state index in [0.29, 0.717) is 13.0 Å². The number of amides is 2. The average molecular weight is 338 g/mol. The summed E-state index contributed by atoms with van der Waals surface area (Å²) in [5, 5.41) is 6.28. The normalized spacial score (nSPS) is 23.7. The van der Waals surface area contributed by atoms with Crippen LogP contribution in [-0.2, 0) is 16.0 Å². The van der Waals surface area contributed by atoms with Crippen LogP contribution >= 0.6 is 12.4 Å². The Labute approximate surface area is 143 Å². The highest BCUT2D eigenvalue weighted by molar-refractivity contribution is 6.00. The highest BCUT2D eigenvalue weighted by Crippen LogP contribution is 2.25. The quantitative estimate of drug-likeness (QED) is 0.875. The van der Waals surface area contributed by atoms with Gasteiger partial charge >= 0.3 is 0 Å². The van der Waals surface area contributed by atoms with E-state index in [4.69, 9.17) is 0 Å². The predicted octanol–water partition coefficient (Wildman–Crippen LogP) is 1.50. The van der Waals surface area contributed by atoms with Crippen molar-refractivity contribution in [2.24, 2.45) is 5.92 Å². The van der Waals surface area contributed by atoms with Gasteiger partial charge in [-0.05, 0) is 37.1 Å². The van der Waals surface area contributed by atoms with Crippen LogP contribution in [-0.4, -0.2) is 37.5 Å². The molecule has 0 aromatic heterocycles. The first kappa shape index (κ1) is 17.8. The minimum atomic E-state index is -0.237. The molecule has 2 heterocycles. The van der Waals surface area contributed by atoms with E-state index in [1.807, 2.05) is 24.3 Å². The Morgan fingerprint density at radius 2 is 2.09 bits per heavy atom. The third-order valence-corrected chi connectivity index (χ3v) is 4.56. The number of rotatable bonds is 4. The van der Waals surface area contributed by atoms with Gasteiger partial charge in [0, 0.05) is 31.2 Å². The number of nitrogens with zero attached hydrogens (tertiary/aromatic N) is 1. The largest absolute Gasteiger partial charge is 0.352 e. The lowest BCUT2D eigenvalue weighted by Crippen LogP contribution is -2.40.